The summed E-state index contributed by atoms with van der Waals surface area (Å²) in [4.78, 5) is 23.2. The zero-order valence-corrected chi connectivity index (χ0v) is 13.1. The molecular weight excluding hydrogens is 296 g/mol. The molecule has 0 atom stereocenters. The summed E-state index contributed by atoms with van der Waals surface area (Å²) in [6.07, 6.45) is 0.158. The molecule has 0 bridgehead atoms. The van der Waals surface area contributed by atoms with Crippen LogP contribution in [0.1, 0.15) is 22.8 Å². The number of carbonyl (C=O) groups is 2. The molecule has 0 aliphatic carbocycles. The molecule has 0 unspecified atom stereocenters. The van der Waals surface area contributed by atoms with Crippen LogP contribution >= 0.6 is 0 Å². The number of hydrogen-bond acceptors (Lipinski definition) is 5. The second kappa shape index (κ2) is 7.98. The third-order valence-corrected chi connectivity index (χ3v) is 3.09. The highest BCUT2D eigenvalue weighted by molar-refractivity contribution is 5.89. The largest absolute Gasteiger partial charge is 0.494 e. The van der Waals surface area contributed by atoms with Gasteiger partial charge in [0.25, 0.3) is 0 Å². The highest BCUT2D eigenvalue weighted by Gasteiger charge is 2.09. The minimum Gasteiger partial charge on any atom is -0.494 e. The summed E-state index contributed by atoms with van der Waals surface area (Å²) in [5.74, 6) is 0.342. The maximum absolute atomic E-state index is 11.9. The van der Waals surface area contributed by atoms with Crippen LogP contribution in [0.4, 0.5) is 0 Å². The zero-order chi connectivity index (χ0) is 16.7. The van der Waals surface area contributed by atoms with E-state index in [1.54, 1.807) is 24.3 Å². The molecule has 0 saturated heterocycles. The average molecular weight is 314 g/mol. The van der Waals surface area contributed by atoms with Gasteiger partial charge in [-0.05, 0) is 48.9 Å². The number of esters is 2. The molecule has 0 aromatic heterocycles. The number of methoxy groups -OCH3 is 1. The molecule has 120 valence electrons. The Kier molecular flexibility index (Phi) is 5.74. The standard InChI is InChI=1S/C18H18O5/c1-3-22-15-8-4-13(5-9-15)12-17(19)23-16-10-6-14(7-11-16)18(20)21-2/h4-11H,3,12H2,1-2H3. The number of benzene rings is 2. The van der Waals surface area contributed by atoms with E-state index >= 15 is 0 Å². The lowest BCUT2D eigenvalue weighted by atomic mass is 10.1. The smallest absolute Gasteiger partial charge is 0.337 e. The Labute approximate surface area is 134 Å². The number of ether oxygens (including phenoxy) is 3. The lowest BCUT2D eigenvalue weighted by Gasteiger charge is -2.06. The van der Waals surface area contributed by atoms with Crippen molar-refractivity contribution in [3.63, 3.8) is 0 Å². The molecule has 0 amide bonds. The maximum Gasteiger partial charge on any atom is 0.337 e. The van der Waals surface area contributed by atoms with Crippen LogP contribution in [0.15, 0.2) is 48.5 Å². The van der Waals surface area contributed by atoms with Crippen LogP contribution in [-0.2, 0) is 16.0 Å². The van der Waals surface area contributed by atoms with Crippen molar-refractivity contribution in [3.05, 3.63) is 59.7 Å². The molecule has 0 fully saturated rings. The van der Waals surface area contributed by atoms with E-state index in [0.717, 1.165) is 11.3 Å². The van der Waals surface area contributed by atoms with E-state index in [9.17, 15) is 9.59 Å². The lowest BCUT2D eigenvalue weighted by molar-refractivity contribution is -0.133. The van der Waals surface area contributed by atoms with Crippen molar-refractivity contribution in [2.75, 3.05) is 13.7 Å². The van der Waals surface area contributed by atoms with Crippen LogP contribution in [-0.4, -0.2) is 25.7 Å². The van der Waals surface area contributed by atoms with Gasteiger partial charge in [0, 0.05) is 0 Å². The Hall–Kier alpha value is -2.82. The summed E-state index contributed by atoms with van der Waals surface area (Å²) in [5, 5.41) is 0. The molecule has 0 aliphatic rings. The molecule has 23 heavy (non-hydrogen) atoms. The van der Waals surface area contributed by atoms with Gasteiger partial charge in [-0.15, -0.1) is 0 Å². The van der Waals surface area contributed by atoms with E-state index < -0.39 is 5.97 Å². The van der Waals surface area contributed by atoms with Crippen molar-refractivity contribution in [1.82, 2.24) is 0 Å². The number of hydrogen-bond donors (Lipinski definition) is 0. The lowest BCUT2D eigenvalue weighted by Crippen LogP contribution is -2.11. The summed E-state index contributed by atoms with van der Waals surface area (Å²) in [6, 6.07) is 13.5. The van der Waals surface area contributed by atoms with E-state index in [1.165, 1.54) is 7.11 Å². The van der Waals surface area contributed by atoms with Crippen LogP contribution in [0.3, 0.4) is 0 Å². The molecule has 5 nitrogen and oxygen atoms in total. The van der Waals surface area contributed by atoms with Crippen LogP contribution in [0.2, 0.25) is 0 Å². The van der Waals surface area contributed by atoms with E-state index in [0.29, 0.717) is 17.9 Å². The maximum atomic E-state index is 11.9. The summed E-state index contributed by atoms with van der Waals surface area (Å²) in [6.45, 7) is 2.51. The van der Waals surface area contributed by atoms with Gasteiger partial charge in [-0.3, -0.25) is 4.79 Å². The Morgan fingerprint density at radius 1 is 0.913 bits per heavy atom. The van der Waals surface area contributed by atoms with Gasteiger partial charge in [0.05, 0.1) is 25.7 Å². The summed E-state index contributed by atoms with van der Waals surface area (Å²) >= 11 is 0. The normalized spacial score (nSPS) is 10.0. The van der Waals surface area contributed by atoms with E-state index in [2.05, 4.69) is 4.74 Å². The molecule has 2 rings (SSSR count). The molecule has 0 heterocycles. The van der Waals surface area contributed by atoms with Gasteiger partial charge in [-0.1, -0.05) is 12.1 Å². The van der Waals surface area contributed by atoms with Crippen LogP contribution in [0.5, 0.6) is 11.5 Å². The monoisotopic (exact) mass is 314 g/mol. The fourth-order valence-corrected chi connectivity index (χ4v) is 1.98. The first-order chi connectivity index (χ1) is 11.1. The summed E-state index contributed by atoms with van der Waals surface area (Å²) in [5.41, 5.74) is 1.24. The van der Waals surface area contributed by atoms with Crippen LogP contribution in [0.25, 0.3) is 0 Å². The first-order valence-electron chi connectivity index (χ1n) is 7.23. The second-order valence-corrected chi connectivity index (χ2v) is 4.74. The van der Waals surface area contributed by atoms with Gasteiger partial charge < -0.3 is 14.2 Å². The van der Waals surface area contributed by atoms with Crippen molar-refractivity contribution in [2.45, 2.75) is 13.3 Å². The molecule has 0 radical (unpaired) electrons. The highest BCUT2D eigenvalue weighted by Crippen LogP contribution is 2.16. The number of carbonyl (C=O) groups excluding carboxylic acids is 2. The molecule has 2 aromatic rings. The highest BCUT2D eigenvalue weighted by atomic mass is 16.5. The van der Waals surface area contributed by atoms with Crippen molar-refractivity contribution >= 4 is 11.9 Å². The zero-order valence-electron chi connectivity index (χ0n) is 13.1. The SMILES string of the molecule is CCOc1ccc(CC(=O)Oc2ccc(C(=O)OC)cc2)cc1. The van der Waals surface area contributed by atoms with Crippen molar-refractivity contribution in [1.29, 1.82) is 0 Å². The van der Waals surface area contributed by atoms with Crippen molar-refractivity contribution in [3.8, 4) is 11.5 Å². The third-order valence-electron chi connectivity index (χ3n) is 3.09. The van der Waals surface area contributed by atoms with Gasteiger partial charge >= 0.3 is 11.9 Å². The van der Waals surface area contributed by atoms with Crippen molar-refractivity contribution < 1.29 is 23.8 Å². The van der Waals surface area contributed by atoms with Crippen LogP contribution < -0.4 is 9.47 Å². The predicted molar refractivity (Wildman–Crippen MR) is 84.7 cm³/mol. The molecular formula is C18H18O5. The molecule has 2 aromatic carbocycles. The van der Waals surface area contributed by atoms with Gasteiger partial charge in [-0.2, -0.15) is 0 Å². The fourth-order valence-electron chi connectivity index (χ4n) is 1.98. The molecule has 0 spiro atoms. The first-order valence-corrected chi connectivity index (χ1v) is 7.23. The van der Waals surface area contributed by atoms with E-state index in [-0.39, 0.29) is 12.4 Å². The van der Waals surface area contributed by atoms with E-state index in [4.69, 9.17) is 9.47 Å². The minimum atomic E-state index is -0.433. The van der Waals surface area contributed by atoms with Crippen LogP contribution in [0, 0.1) is 0 Å². The van der Waals surface area contributed by atoms with Crippen molar-refractivity contribution in [2.24, 2.45) is 0 Å². The first kappa shape index (κ1) is 16.5. The quantitative estimate of drug-likeness (QED) is 0.606. The topological polar surface area (TPSA) is 61.8 Å². The molecule has 0 aliphatic heterocycles. The Bertz CT molecular complexity index is 659. The summed E-state index contributed by atoms with van der Waals surface area (Å²) < 4.78 is 15.2. The summed E-state index contributed by atoms with van der Waals surface area (Å²) in [7, 11) is 1.31. The molecule has 5 heteroatoms. The van der Waals surface area contributed by atoms with Gasteiger partial charge in [0.1, 0.15) is 11.5 Å². The Balaban J connectivity index is 1.92. The van der Waals surface area contributed by atoms with Gasteiger partial charge in [0.15, 0.2) is 0 Å². The Morgan fingerprint density at radius 3 is 2.09 bits per heavy atom. The average Bonchev–Trinajstić information content (AvgIpc) is 2.57. The van der Waals surface area contributed by atoms with E-state index in [1.807, 2.05) is 31.2 Å². The van der Waals surface area contributed by atoms with Gasteiger partial charge in [0.2, 0.25) is 0 Å². The molecule has 0 N–H and O–H groups in total. The number of rotatable bonds is 6. The molecule has 0 saturated carbocycles. The Morgan fingerprint density at radius 2 is 1.52 bits per heavy atom. The van der Waals surface area contributed by atoms with Gasteiger partial charge in [-0.25, -0.2) is 4.79 Å². The fraction of sp³-hybridized carbons (Fsp3) is 0.222. The second-order valence-electron chi connectivity index (χ2n) is 4.74. The predicted octanol–water partition coefficient (Wildman–Crippen LogP) is 3.02. The minimum absolute atomic E-state index is 0.158. The third kappa shape index (κ3) is 4.85.